The number of hydrogen-bond acceptors (Lipinski definition) is 5. The summed E-state index contributed by atoms with van der Waals surface area (Å²) in [6.45, 7) is 0. The molecule has 2 unspecified atom stereocenters. The number of unbranched alkanes of at least 4 members (excludes halogenated alkanes) is 7. The molecule has 29 heavy (non-hydrogen) atoms. The normalized spacial score (nSPS) is 21.3. The van der Waals surface area contributed by atoms with Gasteiger partial charge in [-0.15, -0.1) is 12.3 Å². The molecule has 1 fully saturated rings. The van der Waals surface area contributed by atoms with Crippen LogP contribution in [0, 0.1) is 24.2 Å². The molecule has 1 rings (SSSR count). The maximum atomic E-state index is 11.3. The molecule has 2 atom stereocenters. The second-order valence-corrected chi connectivity index (χ2v) is 7.32. The molecule has 0 aromatic heterocycles. The smallest absolute Gasteiger partial charge is 0.308 e. The minimum absolute atomic E-state index is 0.194. The van der Waals surface area contributed by atoms with Gasteiger partial charge in [0.15, 0.2) is 0 Å². The fourth-order valence-electron chi connectivity index (χ4n) is 3.18. The minimum atomic E-state index is -0.746. The van der Waals surface area contributed by atoms with Crippen LogP contribution in [0.25, 0.3) is 0 Å². The number of hydrogen-bond donors (Lipinski definition) is 0. The quantitative estimate of drug-likeness (QED) is 0.185. The first-order chi connectivity index (χ1) is 14.2. The molecule has 1 aliphatic heterocycles. The van der Waals surface area contributed by atoms with Gasteiger partial charge < -0.3 is 9.47 Å². The van der Waals surface area contributed by atoms with Crippen molar-refractivity contribution < 1.29 is 24.0 Å². The highest BCUT2D eigenvalue weighted by atomic mass is 17.2. The van der Waals surface area contributed by atoms with Gasteiger partial charge in [-0.05, 0) is 38.2 Å². The Morgan fingerprint density at radius 3 is 2.66 bits per heavy atom. The third-order valence-electron chi connectivity index (χ3n) is 5.03. The van der Waals surface area contributed by atoms with Gasteiger partial charge in [0.05, 0.1) is 13.5 Å². The van der Waals surface area contributed by atoms with Crippen molar-refractivity contribution in [3.63, 3.8) is 0 Å². The van der Waals surface area contributed by atoms with Gasteiger partial charge in [0.2, 0.25) is 5.79 Å². The van der Waals surface area contributed by atoms with E-state index >= 15 is 0 Å². The molecule has 0 aliphatic carbocycles. The first kappa shape index (κ1) is 25.2. The van der Waals surface area contributed by atoms with Crippen molar-refractivity contribution in [3.05, 3.63) is 12.2 Å². The van der Waals surface area contributed by atoms with Crippen LogP contribution >= 0.6 is 0 Å². The maximum absolute atomic E-state index is 11.3. The van der Waals surface area contributed by atoms with Gasteiger partial charge in [-0.1, -0.05) is 37.2 Å². The number of allylic oxidation sites excluding steroid dienone is 2. The third kappa shape index (κ3) is 11.7. The topological polar surface area (TPSA) is 54.0 Å². The second kappa shape index (κ2) is 16.1. The van der Waals surface area contributed by atoms with Gasteiger partial charge in [0.25, 0.3) is 0 Å². The first-order valence-corrected chi connectivity index (χ1v) is 10.7. The van der Waals surface area contributed by atoms with Crippen molar-refractivity contribution in [2.24, 2.45) is 0 Å². The summed E-state index contributed by atoms with van der Waals surface area (Å²) in [5.74, 6) is 7.89. The van der Waals surface area contributed by atoms with E-state index in [0.717, 1.165) is 32.1 Å². The van der Waals surface area contributed by atoms with Gasteiger partial charge in [-0.3, -0.25) is 4.79 Å². The van der Waals surface area contributed by atoms with Crippen LogP contribution in [0.15, 0.2) is 12.2 Å². The Morgan fingerprint density at radius 1 is 1.17 bits per heavy atom. The first-order valence-electron chi connectivity index (χ1n) is 10.7. The van der Waals surface area contributed by atoms with E-state index < -0.39 is 5.79 Å². The van der Waals surface area contributed by atoms with Crippen LogP contribution in [0.2, 0.25) is 0 Å². The summed E-state index contributed by atoms with van der Waals surface area (Å²) < 4.78 is 10.2. The monoisotopic (exact) mass is 404 g/mol. The standard InChI is InChI=1S/C24H36O5/c1-4-5-6-7-8-9-10-11-12-13-14-15-16-17-19-24(27-3)20-18-22(28-29-24)21-23(25)26-2/h1,12-13,22H,5-11,16-21H2,2-3H3. The zero-order chi connectivity index (χ0) is 21.2. The number of methoxy groups -OCH3 is 2. The molecular weight excluding hydrogens is 368 g/mol. The number of terminal acetylenes is 1. The Hall–Kier alpha value is -1.79. The molecule has 0 amide bonds. The van der Waals surface area contributed by atoms with Crippen LogP contribution in [-0.4, -0.2) is 32.1 Å². The van der Waals surface area contributed by atoms with Gasteiger partial charge in [0, 0.05) is 32.8 Å². The molecule has 0 spiro atoms. The summed E-state index contributed by atoms with van der Waals surface area (Å²) in [6.07, 6.45) is 21.0. The fourth-order valence-corrected chi connectivity index (χ4v) is 3.18. The van der Waals surface area contributed by atoms with Crippen molar-refractivity contribution in [2.75, 3.05) is 14.2 Å². The van der Waals surface area contributed by atoms with E-state index in [-0.39, 0.29) is 18.5 Å². The largest absolute Gasteiger partial charge is 0.469 e. The Labute approximate surface area is 176 Å². The zero-order valence-electron chi connectivity index (χ0n) is 18.0. The molecule has 0 saturated carbocycles. The lowest BCUT2D eigenvalue weighted by atomic mass is 9.99. The highest BCUT2D eigenvalue weighted by Crippen LogP contribution is 2.33. The lowest BCUT2D eigenvalue weighted by Gasteiger charge is -2.37. The Kier molecular flexibility index (Phi) is 14.0. The Morgan fingerprint density at radius 2 is 1.97 bits per heavy atom. The average Bonchev–Trinajstić information content (AvgIpc) is 2.75. The van der Waals surface area contributed by atoms with E-state index in [9.17, 15) is 4.79 Å². The summed E-state index contributed by atoms with van der Waals surface area (Å²) in [7, 11) is 2.99. The number of carbonyl (C=O) groups excluding carboxylic acids is 1. The summed E-state index contributed by atoms with van der Waals surface area (Å²) >= 11 is 0. The van der Waals surface area contributed by atoms with Crippen molar-refractivity contribution >= 4 is 5.97 Å². The summed E-state index contributed by atoms with van der Waals surface area (Å²) in [5.41, 5.74) is 0. The predicted octanol–water partition coefficient (Wildman–Crippen LogP) is 5.10. The van der Waals surface area contributed by atoms with E-state index in [2.05, 4.69) is 28.6 Å². The molecule has 5 nitrogen and oxygen atoms in total. The minimum Gasteiger partial charge on any atom is -0.469 e. The molecule has 0 radical (unpaired) electrons. The van der Waals surface area contributed by atoms with Gasteiger partial charge in [-0.2, -0.15) is 0 Å². The van der Waals surface area contributed by atoms with Crippen LogP contribution in [0.5, 0.6) is 0 Å². The van der Waals surface area contributed by atoms with Crippen LogP contribution < -0.4 is 0 Å². The number of esters is 1. The van der Waals surface area contributed by atoms with Crippen LogP contribution in [0.3, 0.4) is 0 Å². The molecule has 5 heteroatoms. The molecule has 1 aliphatic rings. The van der Waals surface area contributed by atoms with Crippen molar-refractivity contribution in [1.82, 2.24) is 0 Å². The Balaban J connectivity index is 2.11. The fraction of sp³-hybridized carbons (Fsp3) is 0.708. The van der Waals surface area contributed by atoms with Gasteiger partial charge in [0.1, 0.15) is 6.10 Å². The molecular formula is C24H36O5. The predicted molar refractivity (Wildman–Crippen MR) is 113 cm³/mol. The van der Waals surface area contributed by atoms with Crippen LogP contribution in [0.4, 0.5) is 0 Å². The lowest BCUT2D eigenvalue weighted by molar-refractivity contribution is -0.466. The second-order valence-electron chi connectivity index (χ2n) is 7.32. The molecule has 0 aromatic carbocycles. The SMILES string of the molecule is C#CCCCCCCCC=CC#CCCCC1(OC)CCC(CC(=O)OC)OO1. The summed E-state index contributed by atoms with van der Waals surface area (Å²) in [6, 6.07) is 0. The van der Waals surface area contributed by atoms with Crippen molar-refractivity contribution in [2.45, 2.75) is 95.4 Å². The summed E-state index contributed by atoms with van der Waals surface area (Å²) in [4.78, 5) is 22.1. The van der Waals surface area contributed by atoms with E-state index in [0.29, 0.717) is 19.3 Å². The van der Waals surface area contributed by atoms with E-state index in [1.165, 1.54) is 32.8 Å². The highest BCUT2D eigenvalue weighted by Gasteiger charge is 2.38. The highest BCUT2D eigenvalue weighted by molar-refractivity contribution is 5.69. The number of carbonyl (C=O) groups is 1. The number of ether oxygens (including phenoxy) is 2. The molecule has 0 bridgehead atoms. The lowest BCUT2D eigenvalue weighted by Crippen LogP contribution is -2.42. The van der Waals surface area contributed by atoms with Gasteiger partial charge in [-0.25, -0.2) is 9.78 Å². The van der Waals surface area contributed by atoms with E-state index in [1.807, 2.05) is 6.08 Å². The van der Waals surface area contributed by atoms with Crippen LogP contribution in [0.1, 0.15) is 83.5 Å². The Bertz CT molecular complexity index is 570. The molecule has 162 valence electrons. The molecule has 0 N–H and O–H groups in total. The van der Waals surface area contributed by atoms with Crippen molar-refractivity contribution in [1.29, 1.82) is 0 Å². The van der Waals surface area contributed by atoms with E-state index in [1.54, 1.807) is 7.11 Å². The van der Waals surface area contributed by atoms with Crippen LogP contribution in [-0.2, 0) is 24.0 Å². The average molecular weight is 405 g/mol. The number of rotatable bonds is 13. The summed E-state index contributed by atoms with van der Waals surface area (Å²) in [5, 5.41) is 0. The maximum Gasteiger partial charge on any atom is 0.308 e. The molecule has 1 heterocycles. The molecule has 0 aromatic rings. The van der Waals surface area contributed by atoms with E-state index in [4.69, 9.17) is 20.9 Å². The third-order valence-corrected chi connectivity index (χ3v) is 5.03. The van der Waals surface area contributed by atoms with Crippen molar-refractivity contribution in [3.8, 4) is 24.2 Å². The van der Waals surface area contributed by atoms with Gasteiger partial charge >= 0.3 is 5.97 Å². The molecule has 1 saturated heterocycles. The zero-order valence-corrected chi connectivity index (χ0v) is 18.0.